The SMILES string of the molecule is O/C(=C\Cc1ccc(Cl)cc1)c1ccc(Cl)cc1. The maximum atomic E-state index is 9.92. The van der Waals surface area contributed by atoms with Crippen molar-refractivity contribution in [2.75, 3.05) is 0 Å². The van der Waals surface area contributed by atoms with E-state index >= 15 is 0 Å². The Bertz CT molecular complexity index is 542. The highest BCUT2D eigenvalue weighted by Crippen LogP contribution is 2.17. The summed E-state index contributed by atoms with van der Waals surface area (Å²) in [5.74, 6) is 0.251. The molecule has 1 N–H and O–H groups in total. The van der Waals surface area contributed by atoms with E-state index in [9.17, 15) is 5.11 Å². The van der Waals surface area contributed by atoms with Crippen molar-refractivity contribution < 1.29 is 5.11 Å². The summed E-state index contributed by atoms with van der Waals surface area (Å²) in [6.45, 7) is 0. The zero-order valence-electron chi connectivity index (χ0n) is 9.61. The third-order valence-corrected chi connectivity index (χ3v) is 3.09. The van der Waals surface area contributed by atoms with Gasteiger partial charge in [0.25, 0.3) is 0 Å². The highest BCUT2D eigenvalue weighted by molar-refractivity contribution is 6.30. The van der Waals surface area contributed by atoms with Crippen LogP contribution in [0.4, 0.5) is 0 Å². The van der Waals surface area contributed by atoms with Gasteiger partial charge in [0.2, 0.25) is 0 Å². The molecule has 0 aliphatic carbocycles. The molecule has 0 spiro atoms. The summed E-state index contributed by atoms with van der Waals surface area (Å²) in [6.07, 6.45) is 2.43. The van der Waals surface area contributed by atoms with Crippen molar-refractivity contribution in [1.82, 2.24) is 0 Å². The second-order valence-electron chi connectivity index (χ2n) is 3.93. The fraction of sp³-hybridized carbons (Fsp3) is 0.0667. The Kier molecular flexibility index (Phi) is 4.29. The predicted octanol–water partition coefficient (Wildman–Crippen LogP) is 5.14. The van der Waals surface area contributed by atoms with E-state index in [1.54, 1.807) is 30.3 Å². The van der Waals surface area contributed by atoms with E-state index in [0.29, 0.717) is 16.5 Å². The molecule has 2 aromatic rings. The average molecular weight is 279 g/mol. The van der Waals surface area contributed by atoms with Crippen LogP contribution in [-0.4, -0.2) is 5.11 Å². The molecule has 2 rings (SSSR count). The topological polar surface area (TPSA) is 20.2 Å². The Morgan fingerprint density at radius 1 is 0.889 bits per heavy atom. The molecule has 0 amide bonds. The van der Waals surface area contributed by atoms with Crippen LogP contribution in [0.3, 0.4) is 0 Å². The van der Waals surface area contributed by atoms with Gasteiger partial charge in [0, 0.05) is 15.6 Å². The van der Waals surface area contributed by atoms with Gasteiger partial charge in [0.1, 0.15) is 5.76 Å². The summed E-state index contributed by atoms with van der Waals surface area (Å²) in [5.41, 5.74) is 1.85. The third kappa shape index (κ3) is 3.52. The number of hydrogen-bond acceptors (Lipinski definition) is 1. The molecule has 0 saturated heterocycles. The maximum absolute atomic E-state index is 9.92. The van der Waals surface area contributed by atoms with Crippen molar-refractivity contribution in [2.24, 2.45) is 0 Å². The monoisotopic (exact) mass is 278 g/mol. The molecule has 0 fully saturated rings. The van der Waals surface area contributed by atoms with E-state index < -0.39 is 0 Å². The molecule has 1 nitrogen and oxygen atoms in total. The summed E-state index contributed by atoms with van der Waals surface area (Å²) < 4.78 is 0. The Morgan fingerprint density at radius 3 is 1.94 bits per heavy atom. The van der Waals surface area contributed by atoms with Gasteiger partial charge in [-0.3, -0.25) is 0 Å². The molecule has 0 atom stereocenters. The maximum Gasteiger partial charge on any atom is 0.119 e. The Labute approximate surface area is 116 Å². The molecule has 18 heavy (non-hydrogen) atoms. The van der Waals surface area contributed by atoms with Crippen molar-refractivity contribution in [3.63, 3.8) is 0 Å². The molecule has 92 valence electrons. The van der Waals surface area contributed by atoms with Gasteiger partial charge in [0.15, 0.2) is 0 Å². The van der Waals surface area contributed by atoms with Crippen LogP contribution in [-0.2, 0) is 6.42 Å². The molecule has 2 aromatic carbocycles. The summed E-state index contributed by atoms with van der Waals surface area (Å²) in [4.78, 5) is 0. The van der Waals surface area contributed by atoms with Gasteiger partial charge in [-0.15, -0.1) is 0 Å². The minimum atomic E-state index is 0.251. The Balaban J connectivity index is 2.09. The lowest BCUT2D eigenvalue weighted by molar-refractivity contribution is 0.510. The van der Waals surface area contributed by atoms with Crippen molar-refractivity contribution in [2.45, 2.75) is 6.42 Å². The number of aliphatic hydroxyl groups is 1. The molecular formula is C15H12Cl2O. The molecule has 0 heterocycles. The number of aliphatic hydroxyl groups excluding tert-OH is 1. The fourth-order valence-electron chi connectivity index (χ4n) is 1.57. The second-order valence-corrected chi connectivity index (χ2v) is 4.80. The minimum Gasteiger partial charge on any atom is -0.508 e. The highest BCUT2D eigenvalue weighted by atomic mass is 35.5. The standard InChI is InChI=1S/C15H12Cl2O/c16-13-6-1-11(2-7-13)3-10-15(18)12-4-8-14(17)9-5-12/h1-2,4-10,18H,3H2/b15-10-. The smallest absolute Gasteiger partial charge is 0.119 e. The molecule has 0 aliphatic heterocycles. The second kappa shape index (κ2) is 5.94. The molecule has 3 heteroatoms. The molecular weight excluding hydrogens is 267 g/mol. The van der Waals surface area contributed by atoms with Gasteiger partial charge in [-0.25, -0.2) is 0 Å². The summed E-state index contributed by atoms with van der Waals surface area (Å²) in [5, 5.41) is 11.3. The third-order valence-electron chi connectivity index (χ3n) is 2.58. The summed E-state index contributed by atoms with van der Waals surface area (Å²) in [7, 11) is 0. The van der Waals surface area contributed by atoms with Crippen LogP contribution in [0.15, 0.2) is 54.6 Å². The molecule has 0 unspecified atom stereocenters. The lowest BCUT2D eigenvalue weighted by Gasteiger charge is -2.01. The van der Waals surface area contributed by atoms with E-state index in [1.807, 2.05) is 24.3 Å². The fourth-order valence-corrected chi connectivity index (χ4v) is 1.83. The van der Waals surface area contributed by atoms with Gasteiger partial charge >= 0.3 is 0 Å². The van der Waals surface area contributed by atoms with E-state index in [2.05, 4.69) is 0 Å². The highest BCUT2D eigenvalue weighted by Gasteiger charge is 1.99. The van der Waals surface area contributed by atoms with Crippen LogP contribution < -0.4 is 0 Å². The van der Waals surface area contributed by atoms with Crippen LogP contribution in [0.2, 0.25) is 10.0 Å². The zero-order valence-corrected chi connectivity index (χ0v) is 11.1. The molecule has 0 saturated carbocycles. The van der Waals surface area contributed by atoms with E-state index in [1.165, 1.54) is 0 Å². The van der Waals surface area contributed by atoms with Gasteiger partial charge < -0.3 is 5.11 Å². The van der Waals surface area contributed by atoms with Crippen molar-refractivity contribution >= 4 is 29.0 Å². The summed E-state index contributed by atoms with van der Waals surface area (Å²) >= 11 is 11.6. The van der Waals surface area contributed by atoms with Gasteiger partial charge in [-0.1, -0.05) is 35.3 Å². The minimum absolute atomic E-state index is 0.251. The lowest BCUT2D eigenvalue weighted by Crippen LogP contribution is -1.86. The first-order valence-electron chi connectivity index (χ1n) is 5.54. The number of allylic oxidation sites excluding steroid dienone is 1. The summed E-state index contributed by atoms with van der Waals surface area (Å²) in [6, 6.07) is 14.6. The molecule has 0 aliphatic rings. The largest absolute Gasteiger partial charge is 0.508 e. The van der Waals surface area contributed by atoms with Crippen LogP contribution in [0.1, 0.15) is 11.1 Å². The number of hydrogen-bond donors (Lipinski definition) is 1. The lowest BCUT2D eigenvalue weighted by atomic mass is 10.1. The van der Waals surface area contributed by atoms with Crippen LogP contribution in [0, 0.1) is 0 Å². The van der Waals surface area contributed by atoms with Gasteiger partial charge in [-0.2, -0.15) is 0 Å². The zero-order chi connectivity index (χ0) is 13.0. The van der Waals surface area contributed by atoms with Gasteiger partial charge in [-0.05, 0) is 54.5 Å². The Morgan fingerprint density at radius 2 is 1.39 bits per heavy atom. The number of benzene rings is 2. The van der Waals surface area contributed by atoms with Crippen LogP contribution in [0.25, 0.3) is 5.76 Å². The number of halogens is 2. The number of rotatable bonds is 3. The molecule has 0 bridgehead atoms. The first kappa shape index (κ1) is 13.0. The first-order valence-corrected chi connectivity index (χ1v) is 6.30. The average Bonchev–Trinajstić information content (AvgIpc) is 2.38. The quantitative estimate of drug-likeness (QED) is 0.772. The van der Waals surface area contributed by atoms with E-state index in [0.717, 1.165) is 11.1 Å². The van der Waals surface area contributed by atoms with Crippen molar-refractivity contribution in [3.8, 4) is 0 Å². The normalized spacial score (nSPS) is 11.6. The van der Waals surface area contributed by atoms with Crippen LogP contribution in [0.5, 0.6) is 0 Å². The molecule has 0 aromatic heterocycles. The van der Waals surface area contributed by atoms with E-state index in [4.69, 9.17) is 23.2 Å². The Hall–Kier alpha value is -1.44. The van der Waals surface area contributed by atoms with Crippen molar-refractivity contribution in [3.05, 3.63) is 75.8 Å². The van der Waals surface area contributed by atoms with Gasteiger partial charge in [0.05, 0.1) is 0 Å². The van der Waals surface area contributed by atoms with Crippen LogP contribution >= 0.6 is 23.2 Å². The van der Waals surface area contributed by atoms with E-state index in [-0.39, 0.29) is 5.76 Å². The predicted molar refractivity (Wildman–Crippen MR) is 77.2 cm³/mol. The molecule has 0 radical (unpaired) electrons. The van der Waals surface area contributed by atoms with Crippen molar-refractivity contribution in [1.29, 1.82) is 0 Å². The first-order chi connectivity index (χ1) is 8.65.